The predicted molar refractivity (Wildman–Crippen MR) is 116 cm³/mol. The molecule has 0 bridgehead atoms. The number of carbonyl (C=O) groups excluding carboxylic acids is 2. The molecular weight excluding hydrogens is 439 g/mol. The largest absolute Gasteiger partial charge is 0.497 e. The van der Waals surface area contributed by atoms with Gasteiger partial charge in [0.1, 0.15) is 12.0 Å². The fourth-order valence-electron chi connectivity index (χ4n) is 2.98. The third kappa shape index (κ3) is 6.76. The van der Waals surface area contributed by atoms with Crippen LogP contribution in [0.1, 0.15) is 21.5 Å². The van der Waals surface area contributed by atoms with Gasteiger partial charge in [-0.3, -0.25) is 9.59 Å². The molecule has 2 amide bonds. The number of halogens is 3. The summed E-state index contributed by atoms with van der Waals surface area (Å²) in [6.45, 7) is -0.00955. The number of alkyl halides is 3. The van der Waals surface area contributed by atoms with Crippen LogP contribution in [-0.4, -0.2) is 32.0 Å². The summed E-state index contributed by atoms with van der Waals surface area (Å²) in [5.41, 5.74) is -0.149. The Balaban J connectivity index is 1.56. The smallest absolute Gasteiger partial charge is 0.418 e. The molecule has 0 saturated carbocycles. The van der Waals surface area contributed by atoms with Gasteiger partial charge in [-0.1, -0.05) is 12.1 Å². The molecule has 33 heavy (non-hydrogen) atoms. The van der Waals surface area contributed by atoms with Crippen molar-refractivity contribution in [3.63, 3.8) is 0 Å². The van der Waals surface area contributed by atoms with Gasteiger partial charge in [-0.15, -0.1) is 0 Å². The molecular formula is C23H22F3N3O4. The third-order valence-electron chi connectivity index (χ3n) is 4.70. The van der Waals surface area contributed by atoms with E-state index in [0.717, 1.165) is 17.4 Å². The van der Waals surface area contributed by atoms with E-state index in [9.17, 15) is 22.8 Å². The molecule has 1 aromatic heterocycles. The van der Waals surface area contributed by atoms with Crippen molar-refractivity contribution in [3.8, 4) is 5.75 Å². The second-order valence-corrected chi connectivity index (χ2v) is 7.03. The zero-order valence-electron chi connectivity index (χ0n) is 17.7. The molecule has 2 aromatic carbocycles. The lowest BCUT2D eigenvalue weighted by atomic mass is 10.1. The van der Waals surface area contributed by atoms with Gasteiger partial charge in [0.2, 0.25) is 5.91 Å². The molecule has 1 heterocycles. The van der Waals surface area contributed by atoms with Crippen LogP contribution in [-0.2, 0) is 17.4 Å². The van der Waals surface area contributed by atoms with Crippen LogP contribution >= 0.6 is 0 Å². The maximum absolute atomic E-state index is 13.5. The van der Waals surface area contributed by atoms with Crippen LogP contribution in [0.4, 0.5) is 24.5 Å². The van der Waals surface area contributed by atoms with Gasteiger partial charge in [0.25, 0.3) is 5.91 Å². The van der Waals surface area contributed by atoms with Crippen molar-refractivity contribution in [2.75, 3.05) is 30.8 Å². The number of anilines is 2. The van der Waals surface area contributed by atoms with Crippen LogP contribution in [0, 0.1) is 0 Å². The standard InChI is InChI=1S/C23H22F3N3O4/c1-32-18-5-2-15(3-6-18)8-10-27-21(30)13-28-20-7-4-17(12-19(20)23(24,25)26)29-22(31)16-9-11-33-14-16/h2-7,9,11-12,14,28H,8,10,13H2,1H3,(H,27,30)(H,29,31). The average molecular weight is 461 g/mol. The normalized spacial score (nSPS) is 11.0. The Labute approximate surface area is 187 Å². The quantitative estimate of drug-likeness (QED) is 0.441. The zero-order valence-corrected chi connectivity index (χ0v) is 17.7. The van der Waals surface area contributed by atoms with Crippen LogP contribution < -0.4 is 20.7 Å². The maximum atomic E-state index is 13.5. The molecule has 3 aromatic rings. The average Bonchev–Trinajstić information content (AvgIpc) is 3.33. The van der Waals surface area contributed by atoms with Crippen molar-refractivity contribution in [3.05, 3.63) is 77.7 Å². The molecule has 0 aliphatic heterocycles. The first kappa shape index (κ1) is 23.7. The molecule has 174 valence electrons. The molecule has 0 atom stereocenters. The van der Waals surface area contributed by atoms with Gasteiger partial charge in [0, 0.05) is 17.9 Å². The van der Waals surface area contributed by atoms with Gasteiger partial charge in [-0.05, 0) is 48.4 Å². The summed E-state index contributed by atoms with van der Waals surface area (Å²) in [5, 5.41) is 7.56. The minimum atomic E-state index is -4.69. The van der Waals surface area contributed by atoms with Crippen molar-refractivity contribution < 1.29 is 31.9 Å². The van der Waals surface area contributed by atoms with E-state index >= 15 is 0 Å². The van der Waals surface area contributed by atoms with E-state index in [1.807, 2.05) is 12.1 Å². The van der Waals surface area contributed by atoms with E-state index < -0.39 is 23.6 Å². The molecule has 0 saturated heterocycles. The number of nitrogens with one attached hydrogen (secondary N) is 3. The van der Waals surface area contributed by atoms with Gasteiger partial charge >= 0.3 is 6.18 Å². The number of methoxy groups -OCH3 is 1. The van der Waals surface area contributed by atoms with Crippen LogP contribution in [0.2, 0.25) is 0 Å². The topological polar surface area (TPSA) is 92.6 Å². The van der Waals surface area contributed by atoms with Crippen LogP contribution in [0.5, 0.6) is 5.75 Å². The summed E-state index contributed by atoms with van der Waals surface area (Å²) < 4.78 is 50.5. The molecule has 0 unspecified atom stereocenters. The molecule has 7 nitrogen and oxygen atoms in total. The van der Waals surface area contributed by atoms with Crippen LogP contribution in [0.3, 0.4) is 0 Å². The lowest BCUT2D eigenvalue weighted by Gasteiger charge is -2.16. The number of hydrogen-bond donors (Lipinski definition) is 3. The van der Waals surface area contributed by atoms with Gasteiger partial charge in [-0.25, -0.2) is 0 Å². The predicted octanol–water partition coefficient (Wildman–Crippen LogP) is 4.33. The highest BCUT2D eigenvalue weighted by Crippen LogP contribution is 2.36. The van der Waals surface area contributed by atoms with Crippen molar-refractivity contribution >= 4 is 23.2 Å². The monoisotopic (exact) mass is 461 g/mol. The summed E-state index contributed by atoms with van der Waals surface area (Å²) in [6, 6.07) is 12.0. The van der Waals surface area contributed by atoms with E-state index in [4.69, 9.17) is 9.15 Å². The molecule has 0 aliphatic rings. The highest BCUT2D eigenvalue weighted by Gasteiger charge is 2.34. The molecule has 0 fully saturated rings. The molecule has 0 radical (unpaired) electrons. The summed E-state index contributed by atoms with van der Waals surface area (Å²) in [7, 11) is 1.57. The van der Waals surface area contributed by atoms with E-state index in [1.54, 1.807) is 19.2 Å². The Morgan fingerprint density at radius 3 is 2.45 bits per heavy atom. The van der Waals surface area contributed by atoms with E-state index in [2.05, 4.69) is 16.0 Å². The van der Waals surface area contributed by atoms with Crippen molar-refractivity contribution in [2.45, 2.75) is 12.6 Å². The molecule has 0 aliphatic carbocycles. The Kier molecular flexibility index (Phi) is 7.60. The highest BCUT2D eigenvalue weighted by molar-refractivity contribution is 6.04. The van der Waals surface area contributed by atoms with Gasteiger partial charge in [0.05, 0.1) is 31.0 Å². The number of carbonyl (C=O) groups is 2. The molecule has 3 N–H and O–H groups in total. The second kappa shape index (κ2) is 10.6. The lowest BCUT2D eigenvalue weighted by Crippen LogP contribution is -2.31. The van der Waals surface area contributed by atoms with E-state index in [-0.39, 0.29) is 23.5 Å². The highest BCUT2D eigenvalue weighted by atomic mass is 19.4. The van der Waals surface area contributed by atoms with E-state index in [0.29, 0.717) is 13.0 Å². The van der Waals surface area contributed by atoms with Crippen LogP contribution in [0.25, 0.3) is 0 Å². The first-order chi connectivity index (χ1) is 15.8. The number of rotatable bonds is 9. The Hall–Kier alpha value is -3.95. The maximum Gasteiger partial charge on any atom is 0.418 e. The second-order valence-electron chi connectivity index (χ2n) is 7.03. The fraction of sp³-hybridized carbons (Fsp3) is 0.217. The third-order valence-corrected chi connectivity index (χ3v) is 4.70. The number of benzene rings is 2. The minimum absolute atomic E-state index is 0.0389. The first-order valence-corrected chi connectivity index (χ1v) is 9.94. The van der Waals surface area contributed by atoms with E-state index in [1.165, 1.54) is 30.7 Å². The Morgan fingerprint density at radius 2 is 1.82 bits per heavy atom. The molecule has 0 spiro atoms. The number of hydrogen-bond acceptors (Lipinski definition) is 5. The SMILES string of the molecule is COc1ccc(CCNC(=O)CNc2ccc(NC(=O)c3ccoc3)cc2C(F)(F)F)cc1. The Bertz CT molecular complexity index is 1080. The number of amides is 2. The van der Waals surface area contributed by atoms with Crippen LogP contribution in [0.15, 0.2) is 65.5 Å². The lowest BCUT2D eigenvalue weighted by molar-refractivity contribution is -0.137. The van der Waals surface area contributed by atoms with Gasteiger partial charge in [-0.2, -0.15) is 13.2 Å². The summed E-state index contributed by atoms with van der Waals surface area (Å²) in [6.07, 6.45) is -1.66. The fourth-order valence-corrected chi connectivity index (χ4v) is 2.98. The summed E-state index contributed by atoms with van der Waals surface area (Å²) in [4.78, 5) is 24.1. The first-order valence-electron chi connectivity index (χ1n) is 9.94. The van der Waals surface area contributed by atoms with Crippen molar-refractivity contribution in [1.82, 2.24) is 5.32 Å². The summed E-state index contributed by atoms with van der Waals surface area (Å²) >= 11 is 0. The molecule has 3 rings (SSSR count). The Morgan fingerprint density at radius 1 is 1.06 bits per heavy atom. The zero-order chi connectivity index (χ0) is 23.8. The van der Waals surface area contributed by atoms with Crippen molar-refractivity contribution in [1.29, 1.82) is 0 Å². The molecule has 10 heteroatoms. The van der Waals surface area contributed by atoms with Crippen molar-refractivity contribution in [2.24, 2.45) is 0 Å². The van der Waals surface area contributed by atoms with Gasteiger partial charge in [0.15, 0.2) is 0 Å². The summed E-state index contributed by atoms with van der Waals surface area (Å²) in [5.74, 6) is -0.331. The number of furan rings is 1. The number of ether oxygens (including phenoxy) is 1. The van der Waals surface area contributed by atoms with Gasteiger partial charge < -0.3 is 25.1 Å². The minimum Gasteiger partial charge on any atom is -0.497 e.